The van der Waals surface area contributed by atoms with E-state index < -0.39 is 5.97 Å². The Kier molecular flexibility index (Phi) is 3.87. The normalized spacial score (nSPS) is 9.67. The molecule has 0 aromatic heterocycles. The highest BCUT2D eigenvalue weighted by molar-refractivity contribution is 9.08. The number of carboxylic acids is 1. The molecule has 4 heteroatoms. The van der Waals surface area contributed by atoms with Gasteiger partial charge in [0.25, 0.3) is 0 Å². The van der Waals surface area contributed by atoms with E-state index in [2.05, 4.69) is 15.9 Å². The average Bonchev–Trinajstić information content (AvgIpc) is 2.18. The fourth-order valence-corrected chi connectivity index (χ4v) is 2.23. The smallest absolute Gasteiger partial charge is 0.307 e. The summed E-state index contributed by atoms with van der Waals surface area (Å²) in [6.07, 6.45) is -0.106. The molecular weight excluding hydrogens is 258 g/mol. The molecule has 1 N–H and O–H groups in total. The standard InChI is InChI=1S/C11H10BrNO2/c1-7-2-3-8(6-13)9(4-11(14)15)10(7)5-12/h2-3H,4-5H2,1H3,(H,14,15). The minimum absolute atomic E-state index is 0.106. The molecule has 0 saturated carbocycles. The number of nitrogens with zero attached hydrogens (tertiary/aromatic N) is 1. The van der Waals surface area contributed by atoms with E-state index in [0.29, 0.717) is 16.5 Å². The Hall–Kier alpha value is -1.34. The van der Waals surface area contributed by atoms with Crippen LogP contribution in [0.5, 0.6) is 0 Å². The third-order valence-electron chi connectivity index (χ3n) is 2.25. The maximum atomic E-state index is 10.7. The minimum Gasteiger partial charge on any atom is -0.481 e. The summed E-state index contributed by atoms with van der Waals surface area (Å²) in [6.45, 7) is 1.91. The van der Waals surface area contributed by atoms with Gasteiger partial charge < -0.3 is 5.11 Å². The molecule has 0 bridgehead atoms. The first-order valence-electron chi connectivity index (χ1n) is 4.39. The zero-order valence-corrected chi connectivity index (χ0v) is 9.84. The van der Waals surface area contributed by atoms with Gasteiger partial charge in [-0.25, -0.2) is 0 Å². The maximum absolute atomic E-state index is 10.7. The molecule has 0 aliphatic carbocycles. The van der Waals surface area contributed by atoms with Gasteiger partial charge >= 0.3 is 5.97 Å². The molecule has 0 aliphatic rings. The number of rotatable bonds is 3. The highest BCUT2D eigenvalue weighted by Crippen LogP contribution is 2.21. The van der Waals surface area contributed by atoms with Crippen LogP contribution in [-0.2, 0) is 16.5 Å². The summed E-state index contributed by atoms with van der Waals surface area (Å²) in [4.78, 5) is 10.7. The van der Waals surface area contributed by atoms with Crippen LogP contribution in [-0.4, -0.2) is 11.1 Å². The molecular formula is C11H10BrNO2. The van der Waals surface area contributed by atoms with E-state index in [9.17, 15) is 4.79 Å². The first-order chi connectivity index (χ1) is 7.10. The molecule has 3 nitrogen and oxygen atoms in total. The number of aryl methyl sites for hydroxylation is 1. The zero-order valence-electron chi connectivity index (χ0n) is 8.25. The van der Waals surface area contributed by atoms with Crippen LogP contribution < -0.4 is 0 Å². The molecule has 0 spiro atoms. The molecule has 0 saturated heterocycles. The second kappa shape index (κ2) is 4.94. The Balaban J connectivity index is 3.35. The Morgan fingerprint density at radius 2 is 2.20 bits per heavy atom. The molecule has 1 aromatic rings. The fraction of sp³-hybridized carbons (Fsp3) is 0.273. The topological polar surface area (TPSA) is 61.1 Å². The van der Waals surface area contributed by atoms with E-state index >= 15 is 0 Å². The summed E-state index contributed by atoms with van der Waals surface area (Å²) >= 11 is 3.31. The molecule has 15 heavy (non-hydrogen) atoms. The molecule has 0 radical (unpaired) electrons. The highest BCUT2D eigenvalue weighted by atomic mass is 79.9. The van der Waals surface area contributed by atoms with Crippen molar-refractivity contribution in [2.75, 3.05) is 0 Å². The monoisotopic (exact) mass is 267 g/mol. The Morgan fingerprint density at radius 3 is 2.67 bits per heavy atom. The van der Waals surface area contributed by atoms with Crippen molar-refractivity contribution in [2.45, 2.75) is 18.7 Å². The number of nitriles is 1. The first kappa shape index (κ1) is 11.7. The molecule has 0 aliphatic heterocycles. The lowest BCUT2D eigenvalue weighted by atomic mass is 9.96. The van der Waals surface area contributed by atoms with Crippen molar-refractivity contribution in [3.63, 3.8) is 0 Å². The summed E-state index contributed by atoms with van der Waals surface area (Å²) in [5.74, 6) is -0.917. The Bertz CT molecular complexity index is 435. The summed E-state index contributed by atoms with van der Waals surface area (Å²) in [5, 5.41) is 18.2. The van der Waals surface area contributed by atoms with E-state index in [1.54, 1.807) is 6.07 Å². The van der Waals surface area contributed by atoms with Crippen molar-refractivity contribution < 1.29 is 9.90 Å². The van der Waals surface area contributed by atoms with E-state index in [-0.39, 0.29) is 6.42 Å². The molecule has 0 heterocycles. The van der Waals surface area contributed by atoms with Crippen molar-refractivity contribution in [1.82, 2.24) is 0 Å². The van der Waals surface area contributed by atoms with Gasteiger partial charge in [-0.15, -0.1) is 0 Å². The minimum atomic E-state index is -0.917. The predicted molar refractivity (Wildman–Crippen MR) is 59.9 cm³/mol. The largest absolute Gasteiger partial charge is 0.481 e. The Morgan fingerprint density at radius 1 is 1.53 bits per heavy atom. The van der Waals surface area contributed by atoms with Gasteiger partial charge in [-0.05, 0) is 29.7 Å². The van der Waals surface area contributed by atoms with E-state index in [1.165, 1.54) is 0 Å². The lowest BCUT2D eigenvalue weighted by Gasteiger charge is -2.10. The van der Waals surface area contributed by atoms with Gasteiger partial charge in [0, 0.05) is 5.33 Å². The summed E-state index contributed by atoms with van der Waals surface area (Å²) in [5.41, 5.74) is 2.96. The van der Waals surface area contributed by atoms with Crippen molar-refractivity contribution in [3.05, 3.63) is 34.4 Å². The van der Waals surface area contributed by atoms with Gasteiger partial charge in [0.2, 0.25) is 0 Å². The maximum Gasteiger partial charge on any atom is 0.307 e. The van der Waals surface area contributed by atoms with Crippen LogP contribution in [0.3, 0.4) is 0 Å². The fourth-order valence-electron chi connectivity index (χ4n) is 1.45. The molecule has 0 amide bonds. The molecule has 1 rings (SSSR count). The van der Waals surface area contributed by atoms with Crippen LogP contribution in [0.1, 0.15) is 22.3 Å². The number of halogens is 1. The van der Waals surface area contributed by atoms with Crippen molar-refractivity contribution in [3.8, 4) is 6.07 Å². The van der Waals surface area contributed by atoms with Crippen LogP contribution >= 0.6 is 15.9 Å². The second-order valence-corrected chi connectivity index (χ2v) is 3.76. The number of hydrogen-bond donors (Lipinski definition) is 1. The number of aliphatic carboxylic acids is 1. The quantitative estimate of drug-likeness (QED) is 0.856. The summed E-state index contributed by atoms with van der Waals surface area (Å²) in [7, 11) is 0. The van der Waals surface area contributed by atoms with Crippen LogP contribution in [0.15, 0.2) is 12.1 Å². The van der Waals surface area contributed by atoms with E-state index in [1.807, 2.05) is 19.1 Å². The second-order valence-electron chi connectivity index (χ2n) is 3.20. The lowest BCUT2D eigenvalue weighted by Crippen LogP contribution is -2.06. The molecule has 0 unspecified atom stereocenters. The van der Waals surface area contributed by atoms with E-state index in [4.69, 9.17) is 10.4 Å². The highest BCUT2D eigenvalue weighted by Gasteiger charge is 2.13. The molecule has 0 atom stereocenters. The van der Waals surface area contributed by atoms with Gasteiger partial charge in [0.05, 0.1) is 18.1 Å². The van der Waals surface area contributed by atoms with Crippen molar-refractivity contribution in [1.29, 1.82) is 5.26 Å². The number of benzene rings is 1. The molecule has 78 valence electrons. The van der Waals surface area contributed by atoms with Crippen LogP contribution in [0.2, 0.25) is 0 Å². The Labute approximate surface area is 96.5 Å². The van der Waals surface area contributed by atoms with Crippen LogP contribution in [0.4, 0.5) is 0 Å². The third-order valence-corrected chi connectivity index (χ3v) is 2.81. The zero-order chi connectivity index (χ0) is 11.4. The number of alkyl halides is 1. The molecule has 1 aromatic carbocycles. The predicted octanol–water partition coefficient (Wildman–Crippen LogP) is 2.39. The number of hydrogen-bond acceptors (Lipinski definition) is 2. The van der Waals surface area contributed by atoms with Crippen molar-refractivity contribution in [2.24, 2.45) is 0 Å². The van der Waals surface area contributed by atoms with Gasteiger partial charge in [-0.2, -0.15) is 5.26 Å². The van der Waals surface area contributed by atoms with Crippen molar-refractivity contribution >= 4 is 21.9 Å². The van der Waals surface area contributed by atoms with Gasteiger partial charge in [0.15, 0.2) is 0 Å². The summed E-state index contributed by atoms with van der Waals surface area (Å²) in [6, 6.07) is 5.52. The number of carboxylic acid groups (broad SMARTS) is 1. The van der Waals surface area contributed by atoms with Crippen LogP contribution in [0, 0.1) is 18.3 Å². The third kappa shape index (κ3) is 2.57. The average molecular weight is 268 g/mol. The van der Waals surface area contributed by atoms with Crippen LogP contribution in [0.25, 0.3) is 0 Å². The lowest BCUT2D eigenvalue weighted by molar-refractivity contribution is -0.136. The van der Waals surface area contributed by atoms with E-state index in [0.717, 1.165) is 11.1 Å². The summed E-state index contributed by atoms with van der Waals surface area (Å²) < 4.78 is 0. The van der Waals surface area contributed by atoms with Gasteiger partial charge in [0.1, 0.15) is 0 Å². The molecule has 0 fully saturated rings. The first-order valence-corrected chi connectivity index (χ1v) is 5.51. The van der Waals surface area contributed by atoms with Gasteiger partial charge in [-0.3, -0.25) is 4.79 Å². The van der Waals surface area contributed by atoms with Gasteiger partial charge in [-0.1, -0.05) is 22.0 Å². The SMILES string of the molecule is Cc1ccc(C#N)c(CC(=O)O)c1CBr. The number of carbonyl (C=O) groups is 1.